The first kappa shape index (κ1) is 25.0. The number of furan rings is 1. The quantitative estimate of drug-likeness (QED) is 0.410. The molecule has 1 aromatic carbocycles. The molecule has 0 fully saturated rings. The number of fused-ring (bicyclic) bond motifs is 1. The average Bonchev–Trinajstić information content (AvgIpc) is 3.52. The van der Waals surface area contributed by atoms with Gasteiger partial charge in [-0.3, -0.25) is 9.59 Å². The molecule has 0 bridgehead atoms. The summed E-state index contributed by atoms with van der Waals surface area (Å²) in [7, 11) is 0. The standard InChI is InChI=1S/C28H34N2O4S/c1-19(2)20-8-10-21(11-9-20)34-18-23-22-13-16-35-25(22)12-14-29(23)26(31)17-30(28(3,4)5)27(32)24-7-6-15-33-24/h6-11,13,15-16,19,23H,12,14,17-18H2,1-5H3/t23-/m0/s1. The molecule has 3 aromatic rings. The highest BCUT2D eigenvalue weighted by molar-refractivity contribution is 7.10. The lowest BCUT2D eigenvalue weighted by Crippen LogP contribution is -2.53. The van der Waals surface area contributed by atoms with E-state index in [9.17, 15) is 9.59 Å². The largest absolute Gasteiger partial charge is 0.491 e. The van der Waals surface area contributed by atoms with Crippen LogP contribution in [0.15, 0.2) is 58.5 Å². The summed E-state index contributed by atoms with van der Waals surface area (Å²) in [6, 6.07) is 13.3. The summed E-state index contributed by atoms with van der Waals surface area (Å²) < 4.78 is 11.5. The van der Waals surface area contributed by atoms with Crippen molar-refractivity contribution >= 4 is 23.2 Å². The smallest absolute Gasteiger partial charge is 0.290 e. The van der Waals surface area contributed by atoms with Gasteiger partial charge in [0, 0.05) is 17.0 Å². The van der Waals surface area contributed by atoms with Crippen molar-refractivity contribution in [2.24, 2.45) is 0 Å². The zero-order valence-corrected chi connectivity index (χ0v) is 21.9. The number of amides is 2. The predicted molar refractivity (Wildman–Crippen MR) is 138 cm³/mol. The molecule has 0 saturated heterocycles. The molecule has 0 N–H and O–H groups in total. The van der Waals surface area contributed by atoms with Crippen LogP contribution in [0.25, 0.3) is 0 Å². The molecular weight excluding hydrogens is 460 g/mol. The maximum atomic E-state index is 13.7. The number of carbonyl (C=O) groups is 2. The van der Waals surface area contributed by atoms with Crippen LogP contribution < -0.4 is 4.74 Å². The summed E-state index contributed by atoms with van der Waals surface area (Å²) in [5, 5.41) is 2.07. The van der Waals surface area contributed by atoms with E-state index in [0.29, 0.717) is 19.1 Å². The maximum Gasteiger partial charge on any atom is 0.290 e. The van der Waals surface area contributed by atoms with Gasteiger partial charge in [-0.15, -0.1) is 11.3 Å². The van der Waals surface area contributed by atoms with Crippen molar-refractivity contribution in [2.75, 3.05) is 19.7 Å². The lowest BCUT2D eigenvalue weighted by Gasteiger charge is -2.40. The Morgan fingerprint density at radius 3 is 2.54 bits per heavy atom. The highest BCUT2D eigenvalue weighted by atomic mass is 32.1. The third-order valence-electron chi connectivity index (χ3n) is 6.45. The topological polar surface area (TPSA) is 63.0 Å². The number of ether oxygens (including phenoxy) is 1. The first-order valence-corrected chi connectivity index (χ1v) is 13.0. The lowest BCUT2D eigenvalue weighted by molar-refractivity contribution is -0.136. The summed E-state index contributed by atoms with van der Waals surface area (Å²) >= 11 is 1.72. The Kier molecular flexibility index (Phi) is 7.36. The molecule has 35 heavy (non-hydrogen) atoms. The van der Waals surface area contributed by atoms with Crippen molar-refractivity contribution in [1.29, 1.82) is 0 Å². The van der Waals surface area contributed by atoms with Gasteiger partial charge in [0.15, 0.2) is 5.76 Å². The Labute approximate surface area is 211 Å². The summed E-state index contributed by atoms with van der Waals surface area (Å²) in [6.45, 7) is 11.0. The van der Waals surface area contributed by atoms with Crippen molar-refractivity contribution in [2.45, 2.75) is 58.5 Å². The minimum atomic E-state index is -0.549. The third kappa shape index (κ3) is 5.61. The Bertz CT molecular complexity index is 1140. The molecule has 1 atom stereocenters. The SMILES string of the molecule is CC(C)c1ccc(OC[C@H]2c3ccsc3CCN2C(=O)CN(C(=O)c2ccco2)C(C)(C)C)cc1. The fourth-order valence-corrected chi connectivity index (χ4v) is 5.30. The molecule has 0 radical (unpaired) electrons. The number of benzene rings is 1. The predicted octanol–water partition coefficient (Wildman–Crippen LogP) is 5.91. The molecule has 0 spiro atoms. The lowest BCUT2D eigenvalue weighted by atomic mass is 9.99. The number of hydrogen-bond acceptors (Lipinski definition) is 5. The van der Waals surface area contributed by atoms with E-state index in [4.69, 9.17) is 9.15 Å². The second-order valence-corrected chi connectivity index (χ2v) is 11.2. The molecule has 4 rings (SSSR count). The number of hydrogen-bond donors (Lipinski definition) is 0. The van der Waals surface area contributed by atoms with Gasteiger partial charge >= 0.3 is 0 Å². The molecule has 186 valence electrons. The highest BCUT2D eigenvalue weighted by Gasteiger charge is 2.36. The highest BCUT2D eigenvalue weighted by Crippen LogP contribution is 2.34. The van der Waals surface area contributed by atoms with Gasteiger partial charge in [-0.25, -0.2) is 0 Å². The third-order valence-corrected chi connectivity index (χ3v) is 7.45. The van der Waals surface area contributed by atoms with Gasteiger partial charge in [-0.2, -0.15) is 0 Å². The molecular formula is C28H34N2O4S. The zero-order valence-electron chi connectivity index (χ0n) is 21.1. The van der Waals surface area contributed by atoms with Gasteiger partial charge in [-0.1, -0.05) is 26.0 Å². The van der Waals surface area contributed by atoms with E-state index in [0.717, 1.165) is 17.7 Å². The van der Waals surface area contributed by atoms with E-state index in [2.05, 4.69) is 37.4 Å². The van der Waals surface area contributed by atoms with Crippen LogP contribution in [0.2, 0.25) is 0 Å². The molecule has 0 aliphatic carbocycles. The van der Waals surface area contributed by atoms with E-state index < -0.39 is 5.54 Å². The monoisotopic (exact) mass is 494 g/mol. The Balaban J connectivity index is 1.53. The van der Waals surface area contributed by atoms with Crippen molar-refractivity contribution in [1.82, 2.24) is 9.80 Å². The second kappa shape index (κ2) is 10.3. The van der Waals surface area contributed by atoms with E-state index in [1.165, 1.54) is 16.7 Å². The summed E-state index contributed by atoms with van der Waals surface area (Å²) in [6.07, 6.45) is 2.28. The Hall–Kier alpha value is -3.06. The molecule has 0 saturated carbocycles. The van der Waals surface area contributed by atoms with Gasteiger partial charge < -0.3 is 19.0 Å². The fourth-order valence-electron chi connectivity index (χ4n) is 4.37. The van der Waals surface area contributed by atoms with Gasteiger partial charge in [0.1, 0.15) is 18.9 Å². The average molecular weight is 495 g/mol. The molecule has 2 amide bonds. The van der Waals surface area contributed by atoms with Crippen molar-refractivity contribution in [3.05, 3.63) is 75.9 Å². The Morgan fingerprint density at radius 2 is 1.91 bits per heavy atom. The Morgan fingerprint density at radius 1 is 1.17 bits per heavy atom. The number of carbonyl (C=O) groups excluding carboxylic acids is 2. The number of thiophene rings is 1. The fraction of sp³-hybridized carbons (Fsp3) is 0.429. The van der Waals surface area contributed by atoms with Crippen LogP contribution >= 0.6 is 11.3 Å². The van der Waals surface area contributed by atoms with Crippen molar-refractivity contribution in [3.63, 3.8) is 0 Å². The van der Waals surface area contributed by atoms with Gasteiger partial charge in [-0.05, 0) is 79.9 Å². The van der Waals surface area contributed by atoms with Crippen LogP contribution in [0.3, 0.4) is 0 Å². The molecule has 1 aliphatic heterocycles. The van der Waals surface area contributed by atoms with Crippen LogP contribution in [0.5, 0.6) is 5.75 Å². The van der Waals surface area contributed by atoms with Crippen LogP contribution in [-0.2, 0) is 11.2 Å². The molecule has 6 nitrogen and oxygen atoms in total. The van der Waals surface area contributed by atoms with Crippen LogP contribution in [0.1, 0.15) is 73.1 Å². The summed E-state index contributed by atoms with van der Waals surface area (Å²) in [4.78, 5) is 31.5. The first-order valence-electron chi connectivity index (χ1n) is 12.1. The van der Waals surface area contributed by atoms with Crippen LogP contribution in [0.4, 0.5) is 0 Å². The van der Waals surface area contributed by atoms with Gasteiger partial charge in [0.2, 0.25) is 5.91 Å². The van der Waals surface area contributed by atoms with Gasteiger partial charge in [0.25, 0.3) is 5.91 Å². The minimum Gasteiger partial charge on any atom is -0.491 e. The molecule has 2 aromatic heterocycles. The minimum absolute atomic E-state index is 0.0257. The van der Waals surface area contributed by atoms with E-state index in [1.807, 2.05) is 37.8 Å². The number of rotatable bonds is 7. The molecule has 1 aliphatic rings. The van der Waals surface area contributed by atoms with E-state index in [-0.39, 0.29) is 30.2 Å². The molecule has 7 heteroatoms. The summed E-state index contributed by atoms with van der Waals surface area (Å²) in [5.41, 5.74) is 1.84. The maximum absolute atomic E-state index is 13.7. The zero-order chi connectivity index (χ0) is 25.2. The molecule has 3 heterocycles. The number of nitrogens with zero attached hydrogens (tertiary/aromatic N) is 2. The van der Waals surface area contributed by atoms with E-state index >= 15 is 0 Å². The summed E-state index contributed by atoms with van der Waals surface area (Å²) in [5.74, 6) is 1.09. The van der Waals surface area contributed by atoms with E-state index in [1.54, 1.807) is 28.4 Å². The normalized spacial score (nSPS) is 15.7. The van der Waals surface area contributed by atoms with Crippen LogP contribution in [0, 0.1) is 0 Å². The van der Waals surface area contributed by atoms with Crippen molar-refractivity contribution < 1.29 is 18.7 Å². The first-order chi connectivity index (χ1) is 16.6. The van der Waals surface area contributed by atoms with Crippen LogP contribution in [-0.4, -0.2) is 46.8 Å². The van der Waals surface area contributed by atoms with Crippen molar-refractivity contribution in [3.8, 4) is 5.75 Å². The second-order valence-electron chi connectivity index (χ2n) is 10.2. The molecule has 0 unspecified atom stereocenters. The van der Waals surface area contributed by atoms with Gasteiger partial charge in [0.05, 0.1) is 12.3 Å².